The van der Waals surface area contributed by atoms with Crippen molar-refractivity contribution < 1.29 is 53.2 Å². The van der Waals surface area contributed by atoms with Crippen molar-refractivity contribution in [3.05, 3.63) is 132 Å². The highest BCUT2D eigenvalue weighted by molar-refractivity contribution is 7.93. The zero-order chi connectivity index (χ0) is 49.6. The Kier molecular flexibility index (Phi) is 10.3. The Hall–Kier alpha value is -6.51. The number of fused-ring (bicyclic) bond motifs is 12. The second-order valence-corrected chi connectivity index (χ2v) is 25.6. The maximum absolute atomic E-state index is 14.4. The molecule has 8 aliphatic rings. The van der Waals surface area contributed by atoms with Gasteiger partial charge in [-0.15, -0.1) is 0 Å². The molecule has 4 fully saturated rings. The average Bonchev–Trinajstić information content (AvgIpc) is 4.14. The highest BCUT2D eigenvalue weighted by Crippen LogP contribution is 2.53. The second kappa shape index (κ2) is 16.0. The number of nitrogens with zero attached hydrogens (tertiary/aromatic N) is 5. The Labute approximate surface area is 407 Å². The molecule has 15 nitrogen and oxygen atoms in total. The number of sulfonamides is 1. The van der Waals surface area contributed by atoms with Crippen LogP contribution in [0.5, 0.6) is 0 Å². The van der Waals surface area contributed by atoms with Crippen molar-refractivity contribution in [3.63, 3.8) is 0 Å². The fraction of sp³-hybridized carbons (Fsp3) is 0.333. The highest BCUT2D eigenvalue weighted by atomic mass is 32.2. The second-order valence-electron chi connectivity index (χ2n) is 19.8. The number of carbonyl (C=O) groups is 4. The molecule has 0 aromatic heterocycles. The molecule has 20 heteroatoms. The van der Waals surface area contributed by atoms with Crippen LogP contribution in [-0.2, 0) is 62.0 Å². The normalized spacial score (nSPS) is 30.5. The van der Waals surface area contributed by atoms with Gasteiger partial charge in [0.05, 0.1) is 61.7 Å². The van der Waals surface area contributed by atoms with E-state index in [-0.39, 0.29) is 80.7 Å². The Balaban J connectivity index is 0.866. The lowest BCUT2D eigenvalue weighted by Crippen LogP contribution is -2.60. The van der Waals surface area contributed by atoms with E-state index in [0.717, 1.165) is 22.7 Å². The summed E-state index contributed by atoms with van der Waals surface area (Å²) in [6.45, 7) is 0.135. The maximum atomic E-state index is 14.4. The van der Waals surface area contributed by atoms with Gasteiger partial charge in [0, 0.05) is 37.0 Å². The van der Waals surface area contributed by atoms with Crippen LogP contribution in [-0.4, -0.2) is 99.7 Å². The molecule has 4 aromatic rings. The fourth-order valence-electron chi connectivity index (χ4n) is 12.7. The van der Waals surface area contributed by atoms with Crippen LogP contribution in [0.15, 0.2) is 129 Å². The molecule has 4 aromatic carbocycles. The van der Waals surface area contributed by atoms with Gasteiger partial charge < -0.3 is 9.80 Å². The third kappa shape index (κ3) is 7.29. The van der Waals surface area contributed by atoms with Crippen LogP contribution in [0, 0.1) is 59.0 Å². The summed E-state index contributed by atoms with van der Waals surface area (Å²) < 4.78 is 113. The number of amides is 2. The topological polar surface area (TPSA) is 205 Å². The third-order valence-electron chi connectivity index (χ3n) is 15.6. The van der Waals surface area contributed by atoms with E-state index in [0.29, 0.717) is 24.0 Å². The number of rotatable bonds is 9. The Morgan fingerprint density at radius 1 is 0.577 bits per heavy atom. The molecular weight excluding hydrogens is 977 g/mol. The zero-order valence-corrected chi connectivity index (χ0v) is 40.2. The Morgan fingerprint density at radius 3 is 1.34 bits per heavy atom. The number of piperidine rings is 2. The van der Waals surface area contributed by atoms with Crippen LogP contribution in [0.3, 0.4) is 0 Å². The Bertz CT molecular complexity index is 3330. The summed E-state index contributed by atoms with van der Waals surface area (Å²) >= 11 is 0. The minimum Gasteiger partial charge on any atom is -0.333 e. The lowest BCUT2D eigenvalue weighted by atomic mass is 9.74. The molecule has 0 spiro atoms. The van der Waals surface area contributed by atoms with E-state index in [9.17, 15) is 53.2 Å². The minimum atomic E-state index is -4.40. The molecule has 0 radical (unpaired) electrons. The molecule has 4 aliphatic heterocycles. The first-order valence-corrected chi connectivity index (χ1v) is 28.3. The number of sulfone groups is 2. The van der Waals surface area contributed by atoms with Crippen molar-refractivity contribution in [2.75, 3.05) is 22.1 Å². The van der Waals surface area contributed by atoms with Crippen molar-refractivity contribution in [2.45, 2.75) is 47.8 Å². The first kappa shape index (κ1) is 45.6. The van der Waals surface area contributed by atoms with Gasteiger partial charge in [0.2, 0.25) is 21.8 Å². The fourth-order valence-corrected chi connectivity index (χ4v) is 16.7. The van der Waals surface area contributed by atoms with Crippen molar-refractivity contribution in [3.8, 4) is 0 Å². The molecule has 71 heavy (non-hydrogen) atoms. The zero-order valence-electron chi connectivity index (χ0n) is 37.7. The number of carbonyl (C=O) groups excluding carboxylic acids is 4. The maximum Gasteiger partial charge on any atom is 0.239 e. The van der Waals surface area contributed by atoms with E-state index in [1.54, 1.807) is 34.1 Å². The largest absolute Gasteiger partial charge is 0.333 e. The first-order chi connectivity index (χ1) is 33.8. The number of hydrogen-bond donors (Lipinski definition) is 0. The minimum absolute atomic E-state index is 0.0676. The predicted molar refractivity (Wildman–Crippen MR) is 255 cm³/mol. The highest BCUT2D eigenvalue weighted by Gasteiger charge is 2.61. The van der Waals surface area contributed by atoms with Crippen LogP contribution in [0.4, 0.5) is 31.5 Å². The first-order valence-electron chi connectivity index (χ1n) is 23.2. The molecule has 10 atom stereocenters. The van der Waals surface area contributed by atoms with Gasteiger partial charge in [0.25, 0.3) is 0 Å². The number of likely N-dealkylation sites (tertiary alicyclic amines) is 2. The number of allylic oxidation sites excluding steroid dienone is 2. The van der Waals surface area contributed by atoms with Crippen molar-refractivity contribution in [1.29, 1.82) is 0 Å². The molecule has 4 heterocycles. The molecule has 364 valence electrons. The SMILES string of the molecule is CS(=O)(=O)N(c1ccc2c(c1)S(=O)(=O)CC(C1C(=O)C3C4C=CC(C4)C3N(Cc3ccc(F)cc3)C1=O)=N2)c1ccc2c(c1)S(=O)(=O)CC(C1C(=O)C3C4C=CC(C4)C3N(Cc3ccc(F)cc3)C1=O)=N2. The van der Waals surface area contributed by atoms with Crippen LogP contribution in [0.25, 0.3) is 0 Å². The monoisotopic (exact) mass is 1020 g/mol. The van der Waals surface area contributed by atoms with Crippen LogP contribution in [0.1, 0.15) is 24.0 Å². The van der Waals surface area contributed by atoms with E-state index in [1.165, 1.54) is 48.5 Å². The lowest BCUT2D eigenvalue weighted by Gasteiger charge is -2.44. The molecule has 10 unspecified atom stereocenters. The third-order valence-corrected chi connectivity index (χ3v) is 20.0. The number of benzene rings is 4. The molecular formula is C51H43F2N5O10S3. The standard InChI is InChI=1S/C51H43F2N5O10S3/c1-69(63,64)58(34-14-16-36-40(20-34)70(65,66)24-38(54-36)44-48(59)42-28-6-8-30(18-28)46(42)56(50(44)61)22-26-2-10-32(52)11-3-26)35-15-17-37-41(21-35)71(67,68)25-39(55-37)45-49(60)43-29-7-9-31(19-29)47(43)57(51(45)62)23-27-4-12-33(53)13-5-27/h2-17,20-21,28-31,42-47H,18-19,22-25H2,1H3. The van der Waals surface area contributed by atoms with Crippen LogP contribution < -0.4 is 4.31 Å². The smallest absolute Gasteiger partial charge is 0.239 e. The van der Waals surface area contributed by atoms with Gasteiger partial charge in [-0.3, -0.25) is 29.2 Å². The van der Waals surface area contributed by atoms with Crippen molar-refractivity contribution >= 4 is 87.3 Å². The Morgan fingerprint density at radius 2 is 0.958 bits per heavy atom. The van der Waals surface area contributed by atoms with Crippen molar-refractivity contribution in [1.82, 2.24) is 9.80 Å². The van der Waals surface area contributed by atoms with Gasteiger partial charge in [-0.1, -0.05) is 48.6 Å². The van der Waals surface area contributed by atoms with E-state index < -0.39 is 112 Å². The summed E-state index contributed by atoms with van der Waals surface area (Å²) in [7, 11) is -13.1. The summed E-state index contributed by atoms with van der Waals surface area (Å²) in [4.78, 5) is 69.2. The van der Waals surface area contributed by atoms with Crippen LogP contribution in [0.2, 0.25) is 0 Å². The van der Waals surface area contributed by atoms with Gasteiger partial charge in [-0.05, 0) is 108 Å². The molecule has 4 bridgehead atoms. The van der Waals surface area contributed by atoms with Gasteiger partial charge >= 0.3 is 0 Å². The van der Waals surface area contributed by atoms with E-state index >= 15 is 0 Å². The number of ketones is 2. The summed E-state index contributed by atoms with van der Waals surface area (Å²) in [5.41, 5.74) is 0.287. The number of hydrogen-bond acceptors (Lipinski definition) is 12. The number of halogens is 2. The molecule has 2 saturated heterocycles. The number of anilines is 2. The van der Waals surface area contributed by atoms with Gasteiger partial charge in [-0.25, -0.2) is 38.3 Å². The summed E-state index contributed by atoms with van der Waals surface area (Å²) in [5, 5.41) is 0. The molecule has 4 aliphatic carbocycles. The number of aliphatic imine (C=N–C) groups is 2. The summed E-state index contributed by atoms with van der Waals surface area (Å²) in [5.74, 6) is -9.28. The lowest BCUT2D eigenvalue weighted by molar-refractivity contribution is -0.153. The predicted octanol–water partition coefficient (Wildman–Crippen LogP) is 5.62. The van der Waals surface area contributed by atoms with Crippen molar-refractivity contribution in [2.24, 2.45) is 57.3 Å². The van der Waals surface area contributed by atoms with Gasteiger partial charge in [0.1, 0.15) is 23.5 Å². The van der Waals surface area contributed by atoms with Crippen LogP contribution >= 0.6 is 0 Å². The summed E-state index contributed by atoms with van der Waals surface area (Å²) in [6, 6.07) is 17.7. The quantitative estimate of drug-likeness (QED) is 0.150. The molecule has 2 saturated carbocycles. The molecule has 2 amide bonds. The van der Waals surface area contributed by atoms with E-state index in [2.05, 4.69) is 9.98 Å². The van der Waals surface area contributed by atoms with Gasteiger partial charge in [-0.2, -0.15) is 0 Å². The molecule has 0 N–H and O–H groups in total. The summed E-state index contributed by atoms with van der Waals surface area (Å²) in [6.07, 6.45) is 10.1. The van der Waals surface area contributed by atoms with Gasteiger partial charge in [0.15, 0.2) is 31.2 Å². The average molecular weight is 1020 g/mol. The molecule has 12 rings (SSSR count). The number of Topliss-reactive ketones (excluding diaryl/α,β-unsaturated/α-hetero) is 2. The van der Waals surface area contributed by atoms with E-state index in [4.69, 9.17) is 0 Å². The van der Waals surface area contributed by atoms with E-state index in [1.807, 2.05) is 24.3 Å².